The van der Waals surface area contributed by atoms with E-state index in [9.17, 15) is 0 Å². The SMILES string of the molecule is Cc1ncsc1CCOc1ccc(N)c(C#N)n1. The first-order valence-corrected chi connectivity index (χ1v) is 6.27. The Morgan fingerprint density at radius 1 is 1.50 bits per heavy atom. The van der Waals surface area contributed by atoms with Crippen LogP contribution >= 0.6 is 11.3 Å². The number of anilines is 1. The van der Waals surface area contributed by atoms with E-state index in [1.807, 2.05) is 18.5 Å². The second-order valence-electron chi connectivity index (χ2n) is 3.66. The molecule has 2 heterocycles. The zero-order valence-electron chi connectivity index (χ0n) is 9.88. The Hall–Kier alpha value is -2.13. The number of nitrogen functional groups attached to an aromatic ring is 1. The van der Waals surface area contributed by atoms with E-state index in [0.717, 1.165) is 12.1 Å². The molecule has 0 aliphatic rings. The van der Waals surface area contributed by atoms with Crippen molar-refractivity contribution in [1.29, 1.82) is 5.26 Å². The highest BCUT2D eigenvalue weighted by atomic mass is 32.1. The monoisotopic (exact) mass is 260 g/mol. The maximum absolute atomic E-state index is 8.80. The normalized spacial score (nSPS) is 10.0. The number of rotatable bonds is 4. The van der Waals surface area contributed by atoms with Gasteiger partial charge in [-0.3, -0.25) is 0 Å². The van der Waals surface area contributed by atoms with E-state index in [2.05, 4.69) is 9.97 Å². The molecule has 2 rings (SSSR count). The van der Waals surface area contributed by atoms with Crippen LogP contribution in [0.4, 0.5) is 5.69 Å². The smallest absolute Gasteiger partial charge is 0.214 e. The number of hydrogen-bond acceptors (Lipinski definition) is 6. The van der Waals surface area contributed by atoms with Crippen LogP contribution < -0.4 is 10.5 Å². The Labute approximate surface area is 109 Å². The Morgan fingerprint density at radius 3 is 3.00 bits per heavy atom. The Morgan fingerprint density at radius 2 is 2.33 bits per heavy atom. The van der Waals surface area contributed by atoms with Crippen molar-refractivity contribution in [3.63, 3.8) is 0 Å². The summed E-state index contributed by atoms with van der Waals surface area (Å²) in [6.45, 7) is 2.48. The first-order valence-electron chi connectivity index (χ1n) is 5.39. The molecule has 2 aromatic rings. The summed E-state index contributed by atoms with van der Waals surface area (Å²) in [6.07, 6.45) is 0.782. The summed E-state index contributed by atoms with van der Waals surface area (Å²) in [5, 5.41) is 8.80. The lowest BCUT2D eigenvalue weighted by atomic mass is 10.3. The van der Waals surface area contributed by atoms with E-state index in [0.29, 0.717) is 18.2 Å². The first-order chi connectivity index (χ1) is 8.70. The molecular weight excluding hydrogens is 248 g/mol. The van der Waals surface area contributed by atoms with Gasteiger partial charge in [-0.05, 0) is 13.0 Å². The number of ether oxygens (including phenoxy) is 1. The van der Waals surface area contributed by atoms with Gasteiger partial charge in [0.1, 0.15) is 6.07 Å². The van der Waals surface area contributed by atoms with Crippen LogP contribution in [0.3, 0.4) is 0 Å². The van der Waals surface area contributed by atoms with Gasteiger partial charge in [0.2, 0.25) is 5.88 Å². The molecule has 0 saturated carbocycles. The maximum Gasteiger partial charge on any atom is 0.214 e. The van der Waals surface area contributed by atoms with Crippen molar-refractivity contribution in [3.8, 4) is 11.9 Å². The zero-order valence-corrected chi connectivity index (χ0v) is 10.7. The molecule has 0 aliphatic carbocycles. The van der Waals surface area contributed by atoms with E-state index in [-0.39, 0.29) is 5.69 Å². The van der Waals surface area contributed by atoms with Crippen LogP contribution in [0, 0.1) is 18.3 Å². The van der Waals surface area contributed by atoms with Crippen LogP contribution in [0.5, 0.6) is 5.88 Å². The topological polar surface area (TPSA) is 84.8 Å². The van der Waals surface area contributed by atoms with Crippen molar-refractivity contribution in [1.82, 2.24) is 9.97 Å². The van der Waals surface area contributed by atoms with Crippen LogP contribution in [0.2, 0.25) is 0 Å². The summed E-state index contributed by atoms with van der Waals surface area (Å²) < 4.78 is 5.49. The molecule has 0 atom stereocenters. The fourth-order valence-corrected chi connectivity index (χ4v) is 2.20. The van der Waals surface area contributed by atoms with Gasteiger partial charge >= 0.3 is 0 Å². The van der Waals surface area contributed by atoms with E-state index in [1.165, 1.54) is 4.88 Å². The zero-order chi connectivity index (χ0) is 13.0. The predicted molar refractivity (Wildman–Crippen MR) is 69.4 cm³/mol. The molecule has 0 unspecified atom stereocenters. The molecule has 0 bridgehead atoms. The second-order valence-corrected chi connectivity index (χ2v) is 4.60. The predicted octanol–water partition coefficient (Wildman–Crippen LogP) is 1.92. The van der Waals surface area contributed by atoms with Gasteiger partial charge in [-0.1, -0.05) is 0 Å². The van der Waals surface area contributed by atoms with Gasteiger partial charge in [0.15, 0.2) is 5.69 Å². The number of thiazole rings is 1. The van der Waals surface area contributed by atoms with Gasteiger partial charge in [-0.15, -0.1) is 11.3 Å². The molecule has 0 aromatic carbocycles. The van der Waals surface area contributed by atoms with Gasteiger partial charge in [0.05, 0.1) is 23.5 Å². The molecule has 92 valence electrons. The highest BCUT2D eigenvalue weighted by Crippen LogP contribution is 2.16. The number of aryl methyl sites for hydroxylation is 1. The third kappa shape index (κ3) is 2.76. The second kappa shape index (κ2) is 5.47. The minimum atomic E-state index is 0.196. The summed E-state index contributed by atoms with van der Waals surface area (Å²) in [4.78, 5) is 9.38. The average Bonchev–Trinajstić information content (AvgIpc) is 2.77. The Balaban J connectivity index is 1.95. The van der Waals surface area contributed by atoms with Crippen LogP contribution in [0.25, 0.3) is 0 Å². The Bertz CT molecular complexity index is 588. The molecule has 2 N–H and O–H groups in total. The van der Waals surface area contributed by atoms with Crippen molar-refractivity contribution in [3.05, 3.63) is 33.9 Å². The molecule has 0 saturated heterocycles. The summed E-state index contributed by atoms with van der Waals surface area (Å²) >= 11 is 1.61. The maximum atomic E-state index is 8.80. The quantitative estimate of drug-likeness (QED) is 0.907. The first kappa shape index (κ1) is 12.3. The van der Waals surface area contributed by atoms with Gasteiger partial charge < -0.3 is 10.5 Å². The van der Waals surface area contributed by atoms with Crippen molar-refractivity contribution in [2.45, 2.75) is 13.3 Å². The highest BCUT2D eigenvalue weighted by Gasteiger charge is 2.05. The van der Waals surface area contributed by atoms with Crippen molar-refractivity contribution in [2.24, 2.45) is 0 Å². The molecule has 0 amide bonds. The number of aromatic nitrogens is 2. The van der Waals surface area contributed by atoms with Gasteiger partial charge in [0, 0.05) is 17.4 Å². The minimum Gasteiger partial charge on any atom is -0.477 e. The fraction of sp³-hybridized carbons (Fsp3) is 0.250. The van der Waals surface area contributed by atoms with Crippen molar-refractivity contribution < 1.29 is 4.74 Å². The molecule has 0 radical (unpaired) electrons. The van der Waals surface area contributed by atoms with E-state index >= 15 is 0 Å². The van der Waals surface area contributed by atoms with Crippen molar-refractivity contribution in [2.75, 3.05) is 12.3 Å². The molecule has 0 spiro atoms. The van der Waals surface area contributed by atoms with Gasteiger partial charge in [-0.2, -0.15) is 5.26 Å². The van der Waals surface area contributed by atoms with Crippen LogP contribution in [0.1, 0.15) is 16.3 Å². The van der Waals surface area contributed by atoms with Crippen LogP contribution in [-0.4, -0.2) is 16.6 Å². The van der Waals surface area contributed by atoms with Crippen molar-refractivity contribution >= 4 is 17.0 Å². The highest BCUT2D eigenvalue weighted by molar-refractivity contribution is 7.09. The standard InChI is InChI=1S/C12H12N4OS/c1-8-11(18-7-15-8)4-5-17-12-3-2-9(14)10(6-13)16-12/h2-3,7H,4-5,14H2,1H3. The molecule has 5 nitrogen and oxygen atoms in total. The van der Waals surface area contributed by atoms with Gasteiger partial charge in [-0.25, -0.2) is 9.97 Å². The van der Waals surface area contributed by atoms with Crippen LogP contribution in [-0.2, 0) is 6.42 Å². The summed E-state index contributed by atoms with van der Waals surface area (Å²) in [6, 6.07) is 5.21. The third-order valence-electron chi connectivity index (χ3n) is 2.43. The molecule has 6 heteroatoms. The molecule has 0 aliphatic heterocycles. The average molecular weight is 260 g/mol. The summed E-state index contributed by atoms with van der Waals surface area (Å²) in [7, 11) is 0. The van der Waals surface area contributed by atoms with E-state index < -0.39 is 0 Å². The molecule has 2 aromatic heterocycles. The number of nitriles is 1. The Kier molecular flexibility index (Phi) is 3.75. The number of hydrogen-bond donors (Lipinski definition) is 1. The molecular formula is C12H12N4OS. The van der Waals surface area contributed by atoms with Gasteiger partial charge in [0.25, 0.3) is 0 Å². The number of pyridine rings is 1. The van der Waals surface area contributed by atoms with E-state index in [1.54, 1.807) is 23.5 Å². The lowest BCUT2D eigenvalue weighted by molar-refractivity contribution is 0.310. The molecule has 0 fully saturated rings. The number of nitrogens with zero attached hydrogens (tertiary/aromatic N) is 3. The third-order valence-corrected chi connectivity index (χ3v) is 3.43. The number of nitrogens with two attached hydrogens (primary N) is 1. The summed E-state index contributed by atoms with van der Waals surface area (Å²) in [5.41, 5.74) is 8.99. The summed E-state index contributed by atoms with van der Waals surface area (Å²) in [5.74, 6) is 0.419. The lowest BCUT2D eigenvalue weighted by Crippen LogP contribution is -2.04. The fourth-order valence-electron chi connectivity index (χ4n) is 1.44. The lowest BCUT2D eigenvalue weighted by Gasteiger charge is -2.05. The minimum absolute atomic E-state index is 0.196. The molecule has 18 heavy (non-hydrogen) atoms. The largest absolute Gasteiger partial charge is 0.477 e. The van der Waals surface area contributed by atoms with Crippen LogP contribution in [0.15, 0.2) is 17.6 Å². The van der Waals surface area contributed by atoms with E-state index in [4.69, 9.17) is 15.7 Å².